The molecule has 0 atom stereocenters. The number of hydrogen-bond donors (Lipinski definition) is 1. The van der Waals surface area contributed by atoms with Crippen LogP contribution in [0.15, 0.2) is 34.8 Å². The van der Waals surface area contributed by atoms with Crippen LogP contribution in [-0.4, -0.2) is 11.7 Å². The molecule has 2 heteroatoms. The first-order valence-electron chi connectivity index (χ1n) is 6.33. The van der Waals surface area contributed by atoms with Crippen LogP contribution in [0.1, 0.15) is 44.6 Å². The van der Waals surface area contributed by atoms with Crippen molar-refractivity contribution in [2.75, 3.05) is 6.61 Å². The molecule has 0 fully saturated rings. The van der Waals surface area contributed by atoms with Gasteiger partial charge in [0.15, 0.2) is 0 Å². The molecule has 0 aliphatic heterocycles. The average molecular weight is 297 g/mol. The molecule has 0 unspecified atom stereocenters. The van der Waals surface area contributed by atoms with Crippen LogP contribution in [0.2, 0.25) is 0 Å². The van der Waals surface area contributed by atoms with Gasteiger partial charge in [-0.25, -0.2) is 0 Å². The summed E-state index contributed by atoms with van der Waals surface area (Å²) < 4.78 is 0.917. The van der Waals surface area contributed by atoms with Crippen molar-refractivity contribution >= 4 is 21.5 Å². The first-order valence-corrected chi connectivity index (χ1v) is 7.12. The molecule has 0 aromatic heterocycles. The van der Waals surface area contributed by atoms with E-state index in [0.29, 0.717) is 0 Å². The van der Waals surface area contributed by atoms with Gasteiger partial charge in [0, 0.05) is 4.48 Å². The van der Waals surface area contributed by atoms with E-state index < -0.39 is 0 Å². The molecule has 0 spiro atoms. The highest BCUT2D eigenvalue weighted by Crippen LogP contribution is 2.27. The van der Waals surface area contributed by atoms with E-state index in [0.717, 1.165) is 10.9 Å². The molecular formula is C15H21BrO. The van der Waals surface area contributed by atoms with E-state index in [1.807, 2.05) is 18.2 Å². The zero-order valence-corrected chi connectivity index (χ0v) is 12.0. The maximum absolute atomic E-state index is 9.26. The zero-order chi connectivity index (χ0) is 12.5. The van der Waals surface area contributed by atoms with E-state index >= 15 is 0 Å². The molecule has 0 aliphatic rings. The molecule has 0 saturated carbocycles. The Labute approximate surface area is 113 Å². The molecule has 94 valence electrons. The second kappa shape index (κ2) is 8.48. The second-order valence-electron chi connectivity index (χ2n) is 4.22. The van der Waals surface area contributed by atoms with Crippen molar-refractivity contribution < 1.29 is 5.11 Å². The van der Waals surface area contributed by atoms with Crippen LogP contribution in [0.25, 0.3) is 5.57 Å². The molecule has 0 aliphatic carbocycles. The highest BCUT2D eigenvalue weighted by molar-refractivity contribution is 9.11. The Morgan fingerprint density at radius 1 is 1.12 bits per heavy atom. The van der Waals surface area contributed by atoms with Gasteiger partial charge in [-0.15, -0.1) is 0 Å². The summed E-state index contributed by atoms with van der Waals surface area (Å²) in [6.07, 6.45) is 6.03. The molecule has 1 N–H and O–H groups in total. The standard InChI is InChI=1S/C15H21BrO/c1-2-3-4-8-11-14(15(16)12-17)13-9-6-5-7-10-13/h5-7,9-10,17H,2-4,8,11-12H2,1H3/b15-14+. The summed E-state index contributed by atoms with van der Waals surface area (Å²) in [6.45, 7) is 2.30. The molecule has 17 heavy (non-hydrogen) atoms. The average Bonchev–Trinajstić information content (AvgIpc) is 2.39. The van der Waals surface area contributed by atoms with E-state index in [2.05, 4.69) is 35.0 Å². The van der Waals surface area contributed by atoms with Crippen LogP contribution in [0.5, 0.6) is 0 Å². The van der Waals surface area contributed by atoms with Gasteiger partial charge in [-0.3, -0.25) is 0 Å². The minimum absolute atomic E-state index is 0.0814. The monoisotopic (exact) mass is 296 g/mol. The van der Waals surface area contributed by atoms with E-state index in [1.165, 1.54) is 36.8 Å². The van der Waals surface area contributed by atoms with E-state index in [1.54, 1.807) is 0 Å². The third-order valence-electron chi connectivity index (χ3n) is 2.87. The van der Waals surface area contributed by atoms with Gasteiger partial charge in [-0.1, -0.05) is 72.4 Å². The lowest BCUT2D eigenvalue weighted by Crippen LogP contribution is -1.92. The fraction of sp³-hybridized carbons (Fsp3) is 0.467. The summed E-state index contributed by atoms with van der Waals surface area (Å²) in [7, 11) is 0. The van der Waals surface area contributed by atoms with Crippen molar-refractivity contribution in [1.29, 1.82) is 0 Å². The number of aliphatic hydroxyl groups excluding tert-OH is 1. The minimum Gasteiger partial charge on any atom is -0.391 e. The Hall–Kier alpha value is -0.600. The molecular weight excluding hydrogens is 276 g/mol. The maximum Gasteiger partial charge on any atom is 0.0749 e. The van der Waals surface area contributed by atoms with Crippen molar-refractivity contribution in [3.63, 3.8) is 0 Å². The predicted molar refractivity (Wildman–Crippen MR) is 78.1 cm³/mol. The first kappa shape index (κ1) is 14.5. The summed E-state index contributed by atoms with van der Waals surface area (Å²) in [5.74, 6) is 0. The minimum atomic E-state index is 0.0814. The topological polar surface area (TPSA) is 20.2 Å². The summed E-state index contributed by atoms with van der Waals surface area (Å²) in [6, 6.07) is 10.3. The molecule has 0 radical (unpaired) electrons. The Morgan fingerprint density at radius 2 is 1.82 bits per heavy atom. The molecule has 0 amide bonds. The fourth-order valence-corrected chi connectivity index (χ4v) is 2.33. The summed E-state index contributed by atoms with van der Waals surface area (Å²) in [5, 5.41) is 9.26. The molecule has 0 saturated heterocycles. The van der Waals surface area contributed by atoms with Crippen LogP contribution in [-0.2, 0) is 0 Å². The van der Waals surface area contributed by atoms with Crippen LogP contribution in [0, 0.1) is 0 Å². The molecule has 0 heterocycles. The van der Waals surface area contributed by atoms with Crippen LogP contribution < -0.4 is 0 Å². The largest absolute Gasteiger partial charge is 0.391 e. The van der Waals surface area contributed by atoms with Gasteiger partial charge in [-0.05, 0) is 24.0 Å². The molecule has 0 bridgehead atoms. The SMILES string of the molecule is CCCCCC/C(=C(\Br)CO)c1ccccc1. The van der Waals surface area contributed by atoms with Gasteiger partial charge in [0.1, 0.15) is 0 Å². The quantitative estimate of drug-likeness (QED) is 0.720. The molecule has 1 aromatic carbocycles. The number of benzene rings is 1. The van der Waals surface area contributed by atoms with Crippen LogP contribution >= 0.6 is 15.9 Å². The number of hydrogen-bond acceptors (Lipinski definition) is 1. The number of halogens is 1. The highest BCUT2D eigenvalue weighted by atomic mass is 79.9. The van der Waals surface area contributed by atoms with E-state index in [9.17, 15) is 5.11 Å². The molecule has 1 aromatic rings. The first-order chi connectivity index (χ1) is 8.29. The van der Waals surface area contributed by atoms with Gasteiger partial charge in [0.25, 0.3) is 0 Å². The lowest BCUT2D eigenvalue weighted by atomic mass is 9.99. The van der Waals surface area contributed by atoms with Gasteiger partial charge in [-0.2, -0.15) is 0 Å². The van der Waals surface area contributed by atoms with Crippen LogP contribution in [0.4, 0.5) is 0 Å². The van der Waals surface area contributed by atoms with Crippen molar-refractivity contribution in [2.45, 2.75) is 39.0 Å². The Bertz CT molecular complexity index is 343. The third-order valence-corrected chi connectivity index (χ3v) is 3.60. The lowest BCUT2D eigenvalue weighted by Gasteiger charge is -2.10. The number of unbranched alkanes of at least 4 members (excludes halogenated alkanes) is 3. The Balaban J connectivity index is 2.70. The van der Waals surface area contributed by atoms with Gasteiger partial charge in [0.05, 0.1) is 6.61 Å². The summed E-state index contributed by atoms with van der Waals surface area (Å²) >= 11 is 3.48. The van der Waals surface area contributed by atoms with Crippen LogP contribution in [0.3, 0.4) is 0 Å². The zero-order valence-electron chi connectivity index (χ0n) is 10.5. The Morgan fingerprint density at radius 3 is 2.41 bits per heavy atom. The predicted octanol–water partition coefficient (Wildman–Crippen LogP) is 4.76. The number of allylic oxidation sites excluding steroid dienone is 1. The van der Waals surface area contributed by atoms with Crippen molar-refractivity contribution in [3.8, 4) is 0 Å². The lowest BCUT2D eigenvalue weighted by molar-refractivity contribution is 0.340. The van der Waals surface area contributed by atoms with Crippen molar-refractivity contribution in [2.24, 2.45) is 0 Å². The number of aliphatic hydroxyl groups is 1. The normalized spacial score (nSPS) is 12.4. The van der Waals surface area contributed by atoms with Gasteiger partial charge in [0.2, 0.25) is 0 Å². The highest BCUT2D eigenvalue weighted by Gasteiger charge is 2.06. The van der Waals surface area contributed by atoms with Crippen molar-refractivity contribution in [1.82, 2.24) is 0 Å². The van der Waals surface area contributed by atoms with E-state index in [-0.39, 0.29) is 6.61 Å². The van der Waals surface area contributed by atoms with Gasteiger partial charge < -0.3 is 5.11 Å². The summed E-state index contributed by atoms with van der Waals surface area (Å²) in [5.41, 5.74) is 2.45. The maximum atomic E-state index is 9.26. The fourth-order valence-electron chi connectivity index (χ4n) is 1.90. The smallest absolute Gasteiger partial charge is 0.0749 e. The van der Waals surface area contributed by atoms with Gasteiger partial charge >= 0.3 is 0 Å². The second-order valence-corrected chi connectivity index (χ2v) is 5.18. The van der Waals surface area contributed by atoms with Crippen molar-refractivity contribution in [3.05, 3.63) is 40.4 Å². The molecule has 1 rings (SSSR count). The third kappa shape index (κ3) is 5.05. The summed E-state index contributed by atoms with van der Waals surface area (Å²) in [4.78, 5) is 0. The number of rotatable bonds is 7. The molecule has 1 nitrogen and oxygen atoms in total. The van der Waals surface area contributed by atoms with E-state index in [4.69, 9.17) is 0 Å². The Kier molecular flexibility index (Phi) is 7.22.